The summed E-state index contributed by atoms with van der Waals surface area (Å²) in [6, 6.07) is 6.44. The number of anilines is 1. The fraction of sp³-hybridized carbons (Fsp3) is 0. The third-order valence-electron chi connectivity index (χ3n) is 1.49. The molecule has 1 aromatic rings. The fourth-order valence-electron chi connectivity index (χ4n) is 0.878. The molecule has 0 fully saturated rings. The summed E-state index contributed by atoms with van der Waals surface area (Å²) in [5.74, 6) is -0.621. The monoisotopic (exact) mass is 161 g/mol. The van der Waals surface area contributed by atoms with E-state index in [0.717, 1.165) is 0 Å². The first kappa shape index (κ1) is 8.08. The number of para-hydroxylation sites is 1. The van der Waals surface area contributed by atoms with Gasteiger partial charge in [0.1, 0.15) is 6.07 Å². The van der Waals surface area contributed by atoms with Gasteiger partial charge in [-0.1, -0.05) is 6.07 Å². The number of nitriles is 1. The first-order chi connectivity index (χ1) is 5.66. The Morgan fingerprint density at radius 1 is 1.50 bits per heavy atom. The topological polar surface area (TPSA) is 92.9 Å². The summed E-state index contributed by atoms with van der Waals surface area (Å²) >= 11 is 0. The summed E-state index contributed by atoms with van der Waals surface area (Å²) in [6.07, 6.45) is 0. The van der Waals surface area contributed by atoms with Gasteiger partial charge in [0.05, 0.1) is 16.8 Å². The van der Waals surface area contributed by atoms with Gasteiger partial charge in [-0.05, 0) is 12.1 Å². The Balaban J connectivity index is 3.35. The molecule has 4 nitrogen and oxygen atoms in total. The highest BCUT2D eigenvalue weighted by molar-refractivity contribution is 5.99. The normalized spacial score (nSPS) is 8.92. The second-order valence-corrected chi connectivity index (χ2v) is 2.24. The quantitative estimate of drug-likeness (QED) is 0.577. The van der Waals surface area contributed by atoms with E-state index in [1.807, 2.05) is 6.07 Å². The van der Waals surface area contributed by atoms with Gasteiger partial charge >= 0.3 is 0 Å². The van der Waals surface area contributed by atoms with Crippen LogP contribution in [0.4, 0.5) is 5.69 Å². The highest BCUT2D eigenvalue weighted by Gasteiger charge is 2.07. The number of nitrogens with zero attached hydrogens (tertiary/aromatic N) is 1. The van der Waals surface area contributed by atoms with Crippen LogP contribution in [-0.4, -0.2) is 5.91 Å². The minimum absolute atomic E-state index is 0.146. The molecular weight excluding hydrogens is 154 g/mol. The summed E-state index contributed by atoms with van der Waals surface area (Å²) < 4.78 is 0. The Morgan fingerprint density at radius 3 is 2.67 bits per heavy atom. The average molecular weight is 161 g/mol. The third kappa shape index (κ3) is 1.20. The van der Waals surface area contributed by atoms with Crippen molar-refractivity contribution in [3.8, 4) is 6.07 Å². The number of nitrogen functional groups attached to an aromatic ring is 1. The SMILES string of the molecule is N#Cc1cccc(C(N)=O)c1N. The van der Waals surface area contributed by atoms with Gasteiger partial charge in [0, 0.05) is 0 Å². The van der Waals surface area contributed by atoms with Crippen LogP contribution in [-0.2, 0) is 0 Å². The lowest BCUT2D eigenvalue weighted by Gasteiger charge is -2.01. The number of benzene rings is 1. The van der Waals surface area contributed by atoms with Gasteiger partial charge in [0.15, 0.2) is 0 Å². The van der Waals surface area contributed by atoms with Gasteiger partial charge in [-0.3, -0.25) is 4.79 Å². The molecular formula is C8H7N3O. The van der Waals surface area contributed by atoms with E-state index in [0.29, 0.717) is 0 Å². The van der Waals surface area contributed by atoms with Gasteiger partial charge in [0.25, 0.3) is 5.91 Å². The van der Waals surface area contributed by atoms with E-state index in [9.17, 15) is 4.79 Å². The number of carbonyl (C=O) groups is 1. The van der Waals surface area contributed by atoms with E-state index in [1.165, 1.54) is 12.1 Å². The Morgan fingerprint density at radius 2 is 2.17 bits per heavy atom. The van der Waals surface area contributed by atoms with Crippen LogP contribution in [0, 0.1) is 11.3 Å². The highest BCUT2D eigenvalue weighted by atomic mass is 16.1. The van der Waals surface area contributed by atoms with Crippen molar-refractivity contribution in [2.24, 2.45) is 5.73 Å². The minimum atomic E-state index is -0.621. The molecule has 0 spiro atoms. The van der Waals surface area contributed by atoms with Crippen molar-refractivity contribution in [1.29, 1.82) is 5.26 Å². The number of hydrogen-bond donors (Lipinski definition) is 2. The molecule has 0 saturated carbocycles. The number of amides is 1. The van der Waals surface area contributed by atoms with Crippen LogP contribution in [0.15, 0.2) is 18.2 Å². The van der Waals surface area contributed by atoms with E-state index in [1.54, 1.807) is 6.07 Å². The van der Waals surface area contributed by atoms with E-state index in [-0.39, 0.29) is 16.8 Å². The molecule has 1 amide bonds. The first-order valence-electron chi connectivity index (χ1n) is 3.25. The first-order valence-corrected chi connectivity index (χ1v) is 3.25. The number of carbonyl (C=O) groups excluding carboxylic acids is 1. The lowest BCUT2D eigenvalue weighted by molar-refractivity contribution is 0.100. The van der Waals surface area contributed by atoms with Crippen molar-refractivity contribution in [3.05, 3.63) is 29.3 Å². The highest BCUT2D eigenvalue weighted by Crippen LogP contribution is 2.15. The molecule has 1 aromatic carbocycles. The number of hydrogen-bond acceptors (Lipinski definition) is 3. The van der Waals surface area contributed by atoms with Crippen molar-refractivity contribution >= 4 is 11.6 Å². The van der Waals surface area contributed by atoms with Gasteiger partial charge in [-0.25, -0.2) is 0 Å². The Hall–Kier alpha value is -2.02. The van der Waals surface area contributed by atoms with E-state index < -0.39 is 5.91 Å². The van der Waals surface area contributed by atoms with E-state index in [4.69, 9.17) is 16.7 Å². The average Bonchev–Trinajstić information content (AvgIpc) is 2.04. The molecule has 4 heteroatoms. The van der Waals surface area contributed by atoms with Crippen molar-refractivity contribution in [1.82, 2.24) is 0 Å². The standard InChI is InChI=1S/C8H7N3O/c9-4-5-2-1-3-6(7(5)10)8(11)12/h1-3H,10H2,(H2,11,12). The Labute approximate surface area is 69.4 Å². The molecule has 0 radical (unpaired) electrons. The molecule has 0 bridgehead atoms. The maximum Gasteiger partial charge on any atom is 0.250 e. The summed E-state index contributed by atoms with van der Waals surface area (Å²) in [6.45, 7) is 0. The maximum atomic E-state index is 10.7. The number of primary amides is 1. The molecule has 60 valence electrons. The van der Waals surface area contributed by atoms with Crippen molar-refractivity contribution in [2.75, 3.05) is 5.73 Å². The summed E-state index contributed by atoms with van der Waals surface area (Å²) in [5, 5.41) is 8.54. The van der Waals surface area contributed by atoms with Crippen molar-refractivity contribution in [3.63, 3.8) is 0 Å². The van der Waals surface area contributed by atoms with Crippen LogP contribution in [0.2, 0.25) is 0 Å². The zero-order chi connectivity index (χ0) is 9.14. The van der Waals surface area contributed by atoms with Gasteiger partial charge in [-0.2, -0.15) is 5.26 Å². The lowest BCUT2D eigenvalue weighted by Crippen LogP contribution is -2.14. The summed E-state index contributed by atoms with van der Waals surface area (Å²) in [4.78, 5) is 10.7. The third-order valence-corrected chi connectivity index (χ3v) is 1.49. The molecule has 0 aromatic heterocycles. The van der Waals surface area contributed by atoms with Crippen LogP contribution in [0.3, 0.4) is 0 Å². The van der Waals surface area contributed by atoms with Gasteiger partial charge < -0.3 is 11.5 Å². The minimum Gasteiger partial charge on any atom is -0.397 e. The molecule has 0 aliphatic heterocycles. The molecule has 1 rings (SSSR count). The Kier molecular flexibility index (Phi) is 1.97. The largest absolute Gasteiger partial charge is 0.397 e. The smallest absolute Gasteiger partial charge is 0.250 e. The summed E-state index contributed by atoms with van der Waals surface area (Å²) in [7, 11) is 0. The molecule has 0 aliphatic carbocycles. The maximum absolute atomic E-state index is 10.7. The molecule has 0 aliphatic rings. The van der Waals surface area contributed by atoms with Crippen LogP contribution in [0.25, 0.3) is 0 Å². The molecule has 0 heterocycles. The van der Waals surface area contributed by atoms with Gasteiger partial charge in [-0.15, -0.1) is 0 Å². The van der Waals surface area contributed by atoms with E-state index in [2.05, 4.69) is 0 Å². The van der Waals surface area contributed by atoms with Crippen LogP contribution < -0.4 is 11.5 Å². The summed E-state index contributed by atoms with van der Waals surface area (Å²) in [5.41, 5.74) is 11.1. The second-order valence-electron chi connectivity index (χ2n) is 2.24. The molecule has 4 N–H and O–H groups in total. The van der Waals surface area contributed by atoms with Gasteiger partial charge in [0.2, 0.25) is 0 Å². The molecule has 12 heavy (non-hydrogen) atoms. The molecule has 0 unspecified atom stereocenters. The van der Waals surface area contributed by atoms with Crippen LogP contribution >= 0.6 is 0 Å². The fourth-order valence-corrected chi connectivity index (χ4v) is 0.878. The van der Waals surface area contributed by atoms with Crippen molar-refractivity contribution in [2.45, 2.75) is 0 Å². The number of rotatable bonds is 1. The second kappa shape index (κ2) is 2.93. The number of nitrogens with two attached hydrogens (primary N) is 2. The van der Waals surface area contributed by atoms with Crippen LogP contribution in [0.1, 0.15) is 15.9 Å². The lowest BCUT2D eigenvalue weighted by atomic mass is 10.1. The van der Waals surface area contributed by atoms with E-state index >= 15 is 0 Å². The zero-order valence-corrected chi connectivity index (χ0v) is 6.24. The molecule has 0 saturated heterocycles. The Bertz CT molecular complexity index is 365. The predicted octanol–water partition coefficient (Wildman–Crippen LogP) is 0.239. The van der Waals surface area contributed by atoms with Crippen molar-refractivity contribution < 1.29 is 4.79 Å². The predicted molar refractivity (Wildman–Crippen MR) is 44.1 cm³/mol. The molecule has 0 atom stereocenters. The van der Waals surface area contributed by atoms with Crippen LogP contribution in [0.5, 0.6) is 0 Å². The zero-order valence-electron chi connectivity index (χ0n) is 6.24.